The van der Waals surface area contributed by atoms with Crippen LogP contribution in [0.2, 0.25) is 0 Å². The second-order valence-corrected chi connectivity index (χ2v) is 16.0. The van der Waals surface area contributed by atoms with Gasteiger partial charge in [-0.3, -0.25) is 19.2 Å². The molecule has 45 heavy (non-hydrogen) atoms. The van der Waals surface area contributed by atoms with E-state index >= 15 is 0 Å². The van der Waals surface area contributed by atoms with E-state index in [9.17, 15) is 19.2 Å². The minimum atomic E-state index is -0.763. The molecule has 0 bridgehead atoms. The zero-order chi connectivity index (χ0) is 33.3. The van der Waals surface area contributed by atoms with Gasteiger partial charge in [0.05, 0.1) is 12.5 Å². The minimum absolute atomic E-state index is 0.0468. The Morgan fingerprint density at radius 3 is 2.13 bits per heavy atom. The summed E-state index contributed by atoms with van der Waals surface area (Å²) >= 11 is 0. The van der Waals surface area contributed by atoms with Gasteiger partial charge < -0.3 is 18.9 Å². The summed E-state index contributed by atoms with van der Waals surface area (Å²) < 4.78 is 23.2. The normalized spacial score (nSPS) is 43.8. The fraction of sp³-hybridized carbons (Fsp3) is 0.784. The summed E-state index contributed by atoms with van der Waals surface area (Å²) in [4.78, 5) is 50.6. The Labute approximate surface area is 269 Å². The molecular formula is C37H54O8. The van der Waals surface area contributed by atoms with E-state index in [0.717, 1.165) is 44.9 Å². The highest BCUT2D eigenvalue weighted by Crippen LogP contribution is 2.75. The number of ether oxygens (including phenoxy) is 4. The summed E-state index contributed by atoms with van der Waals surface area (Å²) in [5.41, 5.74) is 1.91. The second-order valence-electron chi connectivity index (χ2n) is 16.0. The van der Waals surface area contributed by atoms with Crippen LogP contribution in [0.3, 0.4) is 0 Å². The SMILES string of the molecule is COC(=O)C12CC[C@@H](C)C(C)=C1C1=CC[C@@H]3[C@@]4(C)C[C@@H](OC(C)=O)[C@H](OC(C)=O)[C@@](C)(COC(C)=O)[C@@H]4CC[C@@]3(C)[C@]1(C)CC2. The molecule has 3 saturated carbocycles. The zero-order valence-electron chi connectivity index (χ0n) is 29.1. The molecule has 0 spiro atoms. The molecule has 0 radical (unpaired) electrons. The Hall–Kier alpha value is -2.64. The molecule has 0 aromatic heterocycles. The van der Waals surface area contributed by atoms with E-state index in [1.807, 2.05) is 6.92 Å². The van der Waals surface area contributed by atoms with Crippen molar-refractivity contribution in [2.75, 3.05) is 13.7 Å². The number of carbonyl (C=O) groups is 4. The van der Waals surface area contributed by atoms with Crippen molar-refractivity contribution < 1.29 is 38.1 Å². The topological polar surface area (TPSA) is 105 Å². The summed E-state index contributed by atoms with van der Waals surface area (Å²) in [5.74, 6) is -0.704. The lowest BCUT2D eigenvalue weighted by molar-refractivity contribution is -0.254. The molecule has 0 aliphatic heterocycles. The minimum Gasteiger partial charge on any atom is -0.468 e. The maximum Gasteiger partial charge on any atom is 0.316 e. The summed E-state index contributed by atoms with van der Waals surface area (Å²) in [6, 6.07) is 0. The van der Waals surface area contributed by atoms with E-state index in [2.05, 4.69) is 40.7 Å². The van der Waals surface area contributed by atoms with Gasteiger partial charge in [-0.05, 0) is 103 Å². The molecule has 5 aliphatic carbocycles. The fourth-order valence-corrected chi connectivity index (χ4v) is 11.5. The van der Waals surface area contributed by atoms with E-state index in [1.165, 1.54) is 44.6 Å². The molecule has 5 rings (SSSR count). The van der Waals surface area contributed by atoms with Crippen LogP contribution in [-0.2, 0) is 38.1 Å². The van der Waals surface area contributed by atoms with Crippen molar-refractivity contribution in [3.05, 3.63) is 22.8 Å². The highest BCUT2D eigenvalue weighted by molar-refractivity contribution is 5.84. The Morgan fingerprint density at radius 1 is 0.867 bits per heavy atom. The average Bonchev–Trinajstić information content (AvgIpc) is 2.95. The Kier molecular flexibility index (Phi) is 8.43. The molecule has 250 valence electrons. The lowest BCUT2D eigenvalue weighted by atomic mass is 9.34. The van der Waals surface area contributed by atoms with Crippen LogP contribution in [0.5, 0.6) is 0 Å². The number of allylic oxidation sites excluding steroid dienone is 3. The maximum absolute atomic E-state index is 13.6. The molecule has 0 aromatic carbocycles. The number of esters is 4. The molecular weight excluding hydrogens is 572 g/mol. The molecule has 0 amide bonds. The largest absolute Gasteiger partial charge is 0.468 e. The number of methoxy groups -OCH3 is 1. The molecule has 10 atom stereocenters. The first-order valence-electron chi connectivity index (χ1n) is 16.9. The first-order valence-corrected chi connectivity index (χ1v) is 16.9. The van der Waals surface area contributed by atoms with Crippen LogP contribution in [0.15, 0.2) is 22.8 Å². The van der Waals surface area contributed by atoms with Gasteiger partial charge in [0.2, 0.25) is 0 Å². The van der Waals surface area contributed by atoms with E-state index in [-0.39, 0.29) is 40.7 Å². The zero-order valence-corrected chi connectivity index (χ0v) is 29.1. The lowest BCUT2D eigenvalue weighted by Crippen LogP contribution is -2.68. The van der Waals surface area contributed by atoms with Crippen LogP contribution in [-0.4, -0.2) is 49.8 Å². The lowest BCUT2D eigenvalue weighted by Gasteiger charge is -2.71. The quantitative estimate of drug-likeness (QED) is 0.240. The third-order valence-electron chi connectivity index (χ3n) is 13.9. The third-order valence-corrected chi connectivity index (χ3v) is 13.9. The van der Waals surface area contributed by atoms with E-state index in [4.69, 9.17) is 18.9 Å². The van der Waals surface area contributed by atoms with Crippen molar-refractivity contribution >= 4 is 23.9 Å². The van der Waals surface area contributed by atoms with Crippen molar-refractivity contribution in [1.82, 2.24) is 0 Å². The van der Waals surface area contributed by atoms with Gasteiger partial charge in [0, 0.05) is 26.2 Å². The Morgan fingerprint density at radius 2 is 1.53 bits per heavy atom. The van der Waals surface area contributed by atoms with Gasteiger partial charge in [-0.15, -0.1) is 0 Å². The molecule has 8 nitrogen and oxygen atoms in total. The van der Waals surface area contributed by atoms with Crippen molar-refractivity contribution in [3.8, 4) is 0 Å². The predicted molar refractivity (Wildman–Crippen MR) is 168 cm³/mol. The van der Waals surface area contributed by atoms with Gasteiger partial charge in [0.1, 0.15) is 18.8 Å². The molecule has 0 heterocycles. The highest BCUT2D eigenvalue weighted by atomic mass is 16.6. The summed E-state index contributed by atoms with van der Waals surface area (Å²) in [5, 5.41) is 0. The number of fused-ring (bicyclic) bond motifs is 7. The van der Waals surface area contributed by atoms with Crippen LogP contribution < -0.4 is 0 Å². The van der Waals surface area contributed by atoms with Crippen molar-refractivity contribution in [1.29, 1.82) is 0 Å². The molecule has 5 aliphatic rings. The van der Waals surface area contributed by atoms with Crippen LogP contribution in [0.1, 0.15) is 114 Å². The van der Waals surface area contributed by atoms with E-state index in [0.29, 0.717) is 12.3 Å². The number of hydrogen-bond acceptors (Lipinski definition) is 8. The van der Waals surface area contributed by atoms with Gasteiger partial charge in [-0.2, -0.15) is 0 Å². The smallest absolute Gasteiger partial charge is 0.316 e. The maximum atomic E-state index is 13.6. The monoisotopic (exact) mass is 626 g/mol. The van der Waals surface area contributed by atoms with Gasteiger partial charge >= 0.3 is 23.9 Å². The van der Waals surface area contributed by atoms with Crippen LogP contribution >= 0.6 is 0 Å². The summed E-state index contributed by atoms with van der Waals surface area (Å²) in [6.07, 6.45) is 7.65. The molecule has 0 aromatic rings. The van der Waals surface area contributed by atoms with Crippen LogP contribution in [0, 0.1) is 44.8 Å². The van der Waals surface area contributed by atoms with Gasteiger partial charge in [0.15, 0.2) is 0 Å². The number of hydrogen-bond donors (Lipinski definition) is 0. The van der Waals surface area contributed by atoms with Crippen molar-refractivity contribution in [2.45, 2.75) is 126 Å². The molecule has 1 unspecified atom stereocenters. The van der Waals surface area contributed by atoms with Gasteiger partial charge in [-0.25, -0.2) is 0 Å². The van der Waals surface area contributed by atoms with Crippen molar-refractivity contribution in [3.63, 3.8) is 0 Å². The Bertz CT molecular complexity index is 1350. The van der Waals surface area contributed by atoms with E-state index in [1.54, 1.807) is 0 Å². The molecule has 0 N–H and O–H groups in total. The molecule has 8 heteroatoms. The molecule has 3 fully saturated rings. The van der Waals surface area contributed by atoms with Gasteiger partial charge in [0.25, 0.3) is 0 Å². The van der Waals surface area contributed by atoms with Gasteiger partial charge in [-0.1, -0.05) is 46.3 Å². The number of carbonyl (C=O) groups excluding carboxylic acids is 4. The number of rotatable bonds is 5. The standard InChI is InChI=1S/C37H54O8/c1-21-13-16-37(32(41)42-10)18-17-35(8)26(30(37)22(21)2)11-12-29-33(6)19-27(44-24(4)39)31(45-25(5)40)34(7,20-43-23(3)38)28(33)14-15-36(29,35)9/h11,21,27-29,31H,12-20H2,1-10H3/t21-,27-,28-,29-,31+,33+,34+,35-,36-,37?/m1/s1. The average molecular weight is 627 g/mol. The first kappa shape index (κ1) is 33.7. The third kappa shape index (κ3) is 4.81. The Balaban J connectivity index is 1.65. The summed E-state index contributed by atoms with van der Waals surface area (Å²) in [7, 11) is 1.52. The molecule has 0 saturated heterocycles. The van der Waals surface area contributed by atoms with Crippen LogP contribution in [0.4, 0.5) is 0 Å². The fourth-order valence-electron chi connectivity index (χ4n) is 11.5. The summed E-state index contributed by atoms with van der Waals surface area (Å²) in [6.45, 7) is 17.9. The first-order chi connectivity index (χ1) is 20.9. The second kappa shape index (κ2) is 11.3. The predicted octanol–water partition coefficient (Wildman–Crippen LogP) is 6.90. The highest BCUT2D eigenvalue weighted by Gasteiger charge is 2.71. The van der Waals surface area contributed by atoms with Crippen molar-refractivity contribution in [2.24, 2.45) is 44.8 Å². The van der Waals surface area contributed by atoms with E-state index < -0.39 is 40.9 Å². The van der Waals surface area contributed by atoms with Crippen LogP contribution in [0.25, 0.3) is 0 Å².